The van der Waals surface area contributed by atoms with E-state index in [2.05, 4.69) is 17.6 Å². The van der Waals surface area contributed by atoms with Gasteiger partial charge in [-0.05, 0) is 40.2 Å². The van der Waals surface area contributed by atoms with Crippen LogP contribution in [-0.4, -0.2) is 30.1 Å². The highest BCUT2D eigenvalue weighted by Crippen LogP contribution is 2.22. The molecule has 0 aromatic rings. The summed E-state index contributed by atoms with van der Waals surface area (Å²) in [6.45, 7) is 7.01. The molecule has 0 radical (unpaired) electrons. The van der Waals surface area contributed by atoms with Crippen molar-refractivity contribution in [2.75, 3.05) is 6.54 Å². The van der Waals surface area contributed by atoms with Gasteiger partial charge >= 0.3 is 0 Å². The van der Waals surface area contributed by atoms with E-state index < -0.39 is 5.54 Å². The zero-order valence-corrected chi connectivity index (χ0v) is 9.26. The molecule has 1 aliphatic heterocycles. The molecule has 0 spiro atoms. The second kappa shape index (κ2) is 4.28. The molecular weight excluding hydrogens is 178 g/mol. The topological polar surface area (TPSA) is 67.1 Å². The van der Waals surface area contributed by atoms with Crippen LogP contribution in [0.15, 0.2) is 0 Å². The minimum Gasteiger partial charge on any atom is -0.368 e. The molecule has 4 nitrogen and oxygen atoms in total. The summed E-state index contributed by atoms with van der Waals surface area (Å²) in [6, 6.07) is 0.635. The Hall–Kier alpha value is -0.610. The molecule has 0 bridgehead atoms. The van der Waals surface area contributed by atoms with E-state index in [9.17, 15) is 4.79 Å². The van der Waals surface area contributed by atoms with Crippen molar-refractivity contribution in [1.29, 1.82) is 0 Å². The molecule has 2 atom stereocenters. The number of nitrogens with two attached hydrogens (primary N) is 1. The molecule has 82 valence electrons. The normalized spacial score (nSPS) is 33.3. The van der Waals surface area contributed by atoms with E-state index in [-0.39, 0.29) is 11.9 Å². The summed E-state index contributed by atoms with van der Waals surface area (Å²) in [7, 11) is 0. The number of rotatable bonds is 3. The van der Waals surface area contributed by atoms with Gasteiger partial charge in [0, 0.05) is 12.1 Å². The van der Waals surface area contributed by atoms with Gasteiger partial charge in [0.1, 0.15) is 5.54 Å². The van der Waals surface area contributed by atoms with Gasteiger partial charge in [0.05, 0.1) is 0 Å². The molecule has 4 heteroatoms. The number of primary amides is 1. The minimum atomic E-state index is -0.501. The Bertz CT molecular complexity index is 213. The Morgan fingerprint density at radius 2 is 2.29 bits per heavy atom. The Morgan fingerprint density at radius 3 is 2.71 bits per heavy atom. The predicted molar refractivity (Wildman–Crippen MR) is 56.9 cm³/mol. The van der Waals surface area contributed by atoms with Gasteiger partial charge in [-0.1, -0.05) is 0 Å². The van der Waals surface area contributed by atoms with Gasteiger partial charge in [0.2, 0.25) is 5.91 Å². The smallest absolute Gasteiger partial charge is 0.237 e. The fourth-order valence-corrected chi connectivity index (χ4v) is 2.21. The summed E-state index contributed by atoms with van der Waals surface area (Å²) < 4.78 is 0. The number of piperidine rings is 1. The fraction of sp³-hybridized carbons (Fsp3) is 0.900. The lowest BCUT2D eigenvalue weighted by Crippen LogP contribution is -2.63. The van der Waals surface area contributed by atoms with Crippen LogP contribution < -0.4 is 16.4 Å². The molecule has 1 rings (SSSR count). The van der Waals surface area contributed by atoms with Crippen molar-refractivity contribution in [1.82, 2.24) is 10.6 Å². The van der Waals surface area contributed by atoms with Gasteiger partial charge in [0.25, 0.3) is 0 Å². The highest BCUT2D eigenvalue weighted by Gasteiger charge is 2.40. The number of carbonyl (C=O) groups excluding carboxylic acids is 1. The van der Waals surface area contributed by atoms with Crippen LogP contribution in [0.25, 0.3) is 0 Å². The van der Waals surface area contributed by atoms with Crippen molar-refractivity contribution in [2.24, 2.45) is 5.73 Å². The van der Waals surface area contributed by atoms with E-state index in [0.29, 0.717) is 6.04 Å². The molecule has 2 unspecified atom stereocenters. The van der Waals surface area contributed by atoms with Crippen LogP contribution >= 0.6 is 0 Å². The summed E-state index contributed by atoms with van der Waals surface area (Å²) in [6.07, 6.45) is 1.56. The zero-order valence-electron chi connectivity index (χ0n) is 9.26. The SMILES string of the molecule is CC(C)NC1(C(N)=O)CCNC(C)C1. The van der Waals surface area contributed by atoms with Crippen molar-refractivity contribution in [3.05, 3.63) is 0 Å². The predicted octanol–water partition coefficient (Wildman–Crippen LogP) is -0.0196. The van der Waals surface area contributed by atoms with Crippen LogP contribution in [0, 0.1) is 0 Å². The molecule has 1 heterocycles. The van der Waals surface area contributed by atoms with E-state index in [1.807, 2.05) is 13.8 Å². The van der Waals surface area contributed by atoms with E-state index in [4.69, 9.17) is 5.73 Å². The molecule has 1 saturated heterocycles. The second-order valence-corrected chi connectivity index (χ2v) is 4.55. The molecule has 1 amide bonds. The van der Waals surface area contributed by atoms with Crippen LogP contribution in [-0.2, 0) is 4.79 Å². The summed E-state index contributed by atoms with van der Waals surface area (Å²) in [5, 5.41) is 6.63. The lowest BCUT2D eigenvalue weighted by molar-refractivity contribution is -0.126. The third-order valence-electron chi connectivity index (χ3n) is 2.74. The third kappa shape index (κ3) is 2.45. The molecule has 0 aromatic carbocycles. The number of carbonyl (C=O) groups is 1. The van der Waals surface area contributed by atoms with Crippen LogP contribution in [0.4, 0.5) is 0 Å². The van der Waals surface area contributed by atoms with Gasteiger partial charge in [-0.15, -0.1) is 0 Å². The van der Waals surface area contributed by atoms with Crippen molar-refractivity contribution in [3.8, 4) is 0 Å². The maximum absolute atomic E-state index is 11.5. The molecular formula is C10H21N3O. The monoisotopic (exact) mass is 199 g/mol. The molecule has 0 saturated carbocycles. The maximum Gasteiger partial charge on any atom is 0.237 e. The van der Waals surface area contributed by atoms with Crippen LogP contribution in [0.5, 0.6) is 0 Å². The van der Waals surface area contributed by atoms with Gasteiger partial charge in [-0.3, -0.25) is 4.79 Å². The quantitative estimate of drug-likeness (QED) is 0.598. The van der Waals surface area contributed by atoms with E-state index in [0.717, 1.165) is 19.4 Å². The summed E-state index contributed by atoms with van der Waals surface area (Å²) in [4.78, 5) is 11.5. The largest absolute Gasteiger partial charge is 0.368 e. The first kappa shape index (κ1) is 11.5. The van der Waals surface area contributed by atoms with Crippen LogP contribution in [0.2, 0.25) is 0 Å². The Labute approximate surface area is 85.6 Å². The van der Waals surface area contributed by atoms with Gasteiger partial charge in [0.15, 0.2) is 0 Å². The van der Waals surface area contributed by atoms with E-state index in [1.54, 1.807) is 0 Å². The van der Waals surface area contributed by atoms with Gasteiger partial charge in [-0.2, -0.15) is 0 Å². The number of amides is 1. The minimum absolute atomic E-state index is 0.223. The number of hydrogen-bond acceptors (Lipinski definition) is 3. The third-order valence-corrected chi connectivity index (χ3v) is 2.74. The zero-order chi connectivity index (χ0) is 10.8. The van der Waals surface area contributed by atoms with E-state index in [1.165, 1.54) is 0 Å². The first-order chi connectivity index (χ1) is 6.46. The molecule has 14 heavy (non-hydrogen) atoms. The molecule has 4 N–H and O–H groups in total. The molecule has 0 aromatic heterocycles. The van der Waals surface area contributed by atoms with Crippen LogP contribution in [0.1, 0.15) is 33.6 Å². The van der Waals surface area contributed by atoms with Crippen molar-refractivity contribution >= 4 is 5.91 Å². The highest BCUT2D eigenvalue weighted by atomic mass is 16.1. The Morgan fingerprint density at radius 1 is 1.64 bits per heavy atom. The molecule has 1 fully saturated rings. The fourth-order valence-electron chi connectivity index (χ4n) is 2.21. The summed E-state index contributed by atoms with van der Waals surface area (Å²) >= 11 is 0. The maximum atomic E-state index is 11.5. The lowest BCUT2D eigenvalue weighted by atomic mass is 9.83. The Balaban J connectivity index is 2.75. The van der Waals surface area contributed by atoms with Crippen LogP contribution in [0.3, 0.4) is 0 Å². The first-order valence-electron chi connectivity index (χ1n) is 5.27. The average molecular weight is 199 g/mol. The van der Waals surface area contributed by atoms with Gasteiger partial charge in [-0.25, -0.2) is 0 Å². The standard InChI is InChI=1S/C10H21N3O/c1-7(2)13-10(9(11)14)4-5-12-8(3)6-10/h7-8,12-13H,4-6H2,1-3H3,(H2,11,14). The molecule has 1 aliphatic rings. The second-order valence-electron chi connectivity index (χ2n) is 4.55. The lowest BCUT2D eigenvalue weighted by Gasteiger charge is -2.40. The average Bonchev–Trinajstić information content (AvgIpc) is 2.02. The highest BCUT2D eigenvalue weighted by molar-refractivity contribution is 5.85. The van der Waals surface area contributed by atoms with Crippen molar-refractivity contribution in [3.63, 3.8) is 0 Å². The first-order valence-corrected chi connectivity index (χ1v) is 5.27. The number of nitrogens with one attached hydrogen (secondary N) is 2. The number of hydrogen-bond donors (Lipinski definition) is 3. The summed E-state index contributed by atoms with van der Waals surface area (Å²) in [5.41, 5.74) is 4.98. The van der Waals surface area contributed by atoms with Gasteiger partial charge < -0.3 is 16.4 Å². The summed E-state index contributed by atoms with van der Waals surface area (Å²) in [5.74, 6) is -0.223. The van der Waals surface area contributed by atoms with E-state index >= 15 is 0 Å². The molecule has 0 aliphatic carbocycles. The van der Waals surface area contributed by atoms with Crippen molar-refractivity contribution < 1.29 is 4.79 Å². The van der Waals surface area contributed by atoms with Crippen molar-refractivity contribution in [2.45, 2.75) is 51.2 Å². The Kier molecular flexibility index (Phi) is 3.50.